The highest BCUT2D eigenvalue weighted by atomic mass is 32.3. The predicted molar refractivity (Wildman–Crippen MR) is 117 cm³/mol. The Labute approximate surface area is 177 Å². The lowest BCUT2D eigenvalue weighted by Gasteiger charge is -2.43. The van der Waals surface area contributed by atoms with Crippen molar-refractivity contribution in [3.8, 4) is 5.75 Å². The zero-order valence-corrected chi connectivity index (χ0v) is 18.1. The molecule has 2 N–H and O–H groups in total. The van der Waals surface area contributed by atoms with Crippen LogP contribution in [0.25, 0.3) is 0 Å². The Morgan fingerprint density at radius 1 is 1.17 bits per heavy atom. The highest BCUT2D eigenvalue weighted by molar-refractivity contribution is 8.14. The molecule has 9 heteroatoms. The monoisotopic (exact) mass is 439 g/mol. The van der Waals surface area contributed by atoms with Gasteiger partial charge in [-0.3, -0.25) is 0 Å². The molecule has 1 aromatic rings. The van der Waals surface area contributed by atoms with Crippen LogP contribution in [0.3, 0.4) is 0 Å². The molecular weight excluding hydrogens is 410 g/mol. The second-order valence-electron chi connectivity index (χ2n) is 7.73. The summed E-state index contributed by atoms with van der Waals surface area (Å²) in [5.41, 5.74) is 1.01. The van der Waals surface area contributed by atoms with Gasteiger partial charge in [0.1, 0.15) is 10.3 Å². The van der Waals surface area contributed by atoms with Crippen molar-refractivity contribution in [1.82, 2.24) is 9.62 Å². The van der Waals surface area contributed by atoms with Crippen molar-refractivity contribution < 1.29 is 18.3 Å². The summed E-state index contributed by atoms with van der Waals surface area (Å²) in [7, 11) is -3.33. The van der Waals surface area contributed by atoms with E-state index >= 15 is 0 Å². The van der Waals surface area contributed by atoms with Gasteiger partial charge in [-0.1, -0.05) is 6.08 Å². The normalized spacial score (nSPS) is 26.8. The largest absolute Gasteiger partial charge is 0.508 e. The second-order valence-corrected chi connectivity index (χ2v) is 11.3. The smallest absolute Gasteiger partial charge is 0.227 e. The van der Waals surface area contributed by atoms with Gasteiger partial charge in [-0.05, 0) is 48.9 Å². The molecule has 1 aromatic carbocycles. The van der Waals surface area contributed by atoms with E-state index in [4.69, 9.17) is 4.74 Å². The minimum absolute atomic E-state index is 0.0327. The minimum Gasteiger partial charge on any atom is -0.508 e. The number of phenolic OH excluding ortho intramolecular Hbond substituents is 1. The van der Waals surface area contributed by atoms with Crippen LogP contribution in [0.15, 0.2) is 35.7 Å². The highest BCUT2D eigenvalue weighted by Gasteiger charge is 2.38. The van der Waals surface area contributed by atoms with Crippen LogP contribution < -0.4 is 10.2 Å². The number of sulfonamides is 1. The van der Waals surface area contributed by atoms with Gasteiger partial charge in [0.2, 0.25) is 10.0 Å². The van der Waals surface area contributed by atoms with Crippen molar-refractivity contribution in [2.24, 2.45) is 0 Å². The Balaban J connectivity index is 1.48. The molecule has 0 spiro atoms. The van der Waals surface area contributed by atoms with Gasteiger partial charge in [-0.2, -0.15) is 4.31 Å². The third kappa shape index (κ3) is 4.91. The molecule has 0 saturated carbocycles. The van der Waals surface area contributed by atoms with Gasteiger partial charge < -0.3 is 20.1 Å². The van der Waals surface area contributed by atoms with E-state index in [1.165, 1.54) is 11.8 Å². The van der Waals surface area contributed by atoms with E-state index in [9.17, 15) is 13.5 Å². The highest BCUT2D eigenvalue weighted by Crippen LogP contribution is 2.32. The maximum atomic E-state index is 13.1. The first-order valence-electron chi connectivity index (χ1n) is 10.2. The first kappa shape index (κ1) is 21.0. The van der Waals surface area contributed by atoms with E-state index in [1.807, 2.05) is 23.6 Å². The molecular formula is C20H29N3O4S2. The Morgan fingerprint density at radius 2 is 1.93 bits per heavy atom. The number of allylic oxidation sites excluding steroid dienone is 1. The number of thioether (sulfide) groups is 1. The molecule has 7 nitrogen and oxygen atoms in total. The number of nitrogens with zero attached hydrogens (tertiary/aromatic N) is 2. The number of anilines is 1. The summed E-state index contributed by atoms with van der Waals surface area (Å²) in [5.74, 6) is 0.234. The van der Waals surface area contributed by atoms with Crippen LogP contribution >= 0.6 is 11.8 Å². The Bertz CT molecular complexity index is 802. The molecule has 2 saturated heterocycles. The van der Waals surface area contributed by atoms with Crippen LogP contribution in [0.5, 0.6) is 5.75 Å². The van der Waals surface area contributed by atoms with E-state index in [1.54, 1.807) is 16.4 Å². The number of rotatable bonds is 6. The van der Waals surface area contributed by atoms with E-state index < -0.39 is 14.6 Å². The Hall–Kier alpha value is -1.26. The second kappa shape index (κ2) is 9.26. The summed E-state index contributed by atoms with van der Waals surface area (Å²) in [5, 5.41) is 15.1. The molecule has 160 valence electrons. The van der Waals surface area contributed by atoms with Crippen LogP contribution in [0.4, 0.5) is 5.69 Å². The van der Waals surface area contributed by atoms with E-state index in [2.05, 4.69) is 10.2 Å². The van der Waals surface area contributed by atoms with Gasteiger partial charge in [-0.15, -0.1) is 11.8 Å². The zero-order chi connectivity index (χ0) is 20.3. The minimum atomic E-state index is -3.33. The summed E-state index contributed by atoms with van der Waals surface area (Å²) in [6.45, 7) is 3.85. The summed E-state index contributed by atoms with van der Waals surface area (Å²) in [6, 6.07) is 7.61. The van der Waals surface area contributed by atoms with Gasteiger partial charge in [-0.25, -0.2) is 8.42 Å². The summed E-state index contributed by atoms with van der Waals surface area (Å²) in [4.78, 5) is 2.26. The average Bonchev–Trinajstić information content (AvgIpc) is 3.29. The first-order chi connectivity index (χ1) is 14.0. The quantitative estimate of drug-likeness (QED) is 0.701. The third-order valence-electron chi connectivity index (χ3n) is 5.84. The molecule has 29 heavy (non-hydrogen) atoms. The van der Waals surface area contributed by atoms with Crippen molar-refractivity contribution in [3.05, 3.63) is 35.7 Å². The maximum Gasteiger partial charge on any atom is 0.227 e. The number of piperazine rings is 1. The molecule has 3 heterocycles. The zero-order valence-electron chi connectivity index (χ0n) is 16.4. The standard InChI is InChI=1S/C20H29N3O4S2/c24-19-5-3-17(4-6-19)23-10-9-22(29(25,26)20-2-1-13-28-20)15-18(23)14-21-16-7-11-27-12-8-16/h1,3-6,13,16,18,20-21,24H,2,7-12,14-15H2/t18-,20?/m0/s1. The number of nitrogens with one attached hydrogen (secondary N) is 1. The Morgan fingerprint density at radius 3 is 2.62 bits per heavy atom. The van der Waals surface area contributed by atoms with Crippen LogP contribution in [0.1, 0.15) is 19.3 Å². The van der Waals surface area contributed by atoms with Crippen molar-refractivity contribution in [2.45, 2.75) is 35.9 Å². The van der Waals surface area contributed by atoms with E-state index in [0.29, 0.717) is 38.6 Å². The number of benzene rings is 1. The molecule has 2 fully saturated rings. The topological polar surface area (TPSA) is 82.1 Å². The molecule has 0 aliphatic carbocycles. The van der Waals surface area contributed by atoms with Gasteiger partial charge in [0, 0.05) is 51.1 Å². The number of phenols is 1. The summed E-state index contributed by atoms with van der Waals surface area (Å²) >= 11 is 1.40. The molecule has 0 bridgehead atoms. The van der Waals surface area contributed by atoms with Gasteiger partial charge in [0.25, 0.3) is 0 Å². The SMILES string of the molecule is O=S(=O)(C1CC=CS1)N1CCN(c2ccc(O)cc2)[C@@H](CNC2CCOCC2)C1. The average molecular weight is 440 g/mol. The van der Waals surface area contributed by atoms with Crippen LogP contribution in [0.2, 0.25) is 0 Å². The molecule has 0 amide bonds. The number of ether oxygens (including phenoxy) is 1. The van der Waals surface area contributed by atoms with Crippen LogP contribution in [-0.4, -0.2) is 73.9 Å². The van der Waals surface area contributed by atoms with Gasteiger partial charge in [0.05, 0.1) is 6.04 Å². The molecule has 3 aliphatic heterocycles. The number of hydrogen-bond donors (Lipinski definition) is 2. The fourth-order valence-corrected chi connectivity index (χ4v) is 7.29. The number of aromatic hydroxyl groups is 1. The molecule has 3 aliphatic rings. The van der Waals surface area contributed by atoms with Gasteiger partial charge >= 0.3 is 0 Å². The van der Waals surface area contributed by atoms with Crippen molar-refractivity contribution in [2.75, 3.05) is 44.3 Å². The molecule has 0 aromatic heterocycles. The number of hydrogen-bond acceptors (Lipinski definition) is 7. The third-order valence-corrected chi connectivity index (χ3v) is 9.65. The summed E-state index contributed by atoms with van der Waals surface area (Å²) < 4.78 is 32.9. The maximum absolute atomic E-state index is 13.1. The summed E-state index contributed by atoms with van der Waals surface area (Å²) in [6.07, 6.45) is 4.48. The Kier molecular flexibility index (Phi) is 6.70. The molecule has 2 atom stereocenters. The van der Waals surface area contributed by atoms with Gasteiger partial charge in [0.15, 0.2) is 0 Å². The van der Waals surface area contributed by atoms with E-state index in [-0.39, 0.29) is 11.8 Å². The van der Waals surface area contributed by atoms with Crippen molar-refractivity contribution in [3.63, 3.8) is 0 Å². The van der Waals surface area contributed by atoms with Crippen molar-refractivity contribution >= 4 is 27.5 Å². The lowest BCUT2D eigenvalue weighted by molar-refractivity contribution is 0.0773. The molecule has 0 radical (unpaired) electrons. The molecule has 4 rings (SSSR count). The first-order valence-corrected chi connectivity index (χ1v) is 12.6. The van der Waals surface area contributed by atoms with Crippen LogP contribution in [0, 0.1) is 0 Å². The van der Waals surface area contributed by atoms with Crippen molar-refractivity contribution in [1.29, 1.82) is 0 Å². The molecule has 1 unspecified atom stereocenters. The van der Waals surface area contributed by atoms with E-state index in [0.717, 1.165) is 31.7 Å². The lowest BCUT2D eigenvalue weighted by atomic mass is 10.1. The fraction of sp³-hybridized carbons (Fsp3) is 0.600. The lowest BCUT2D eigenvalue weighted by Crippen LogP contribution is -2.59. The van der Waals surface area contributed by atoms with Crippen LogP contribution in [-0.2, 0) is 14.8 Å². The fourth-order valence-electron chi connectivity index (χ4n) is 4.14. The predicted octanol–water partition coefficient (Wildman–Crippen LogP) is 1.96.